The summed E-state index contributed by atoms with van der Waals surface area (Å²) in [5.74, 6) is 4.11. The van der Waals surface area contributed by atoms with Crippen molar-refractivity contribution in [2.45, 2.75) is 25.8 Å². The third-order valence-electron chi connectivity index (χ3n) is 3.97. The van der Waals surface area contributed by atoms with E-state index in [0.717, 1.165) is 23.4 Å². The summed E-state index contributed by atoms with van der Waals surface area (Å²) in [7, 11) is 0. The molecule has 21 heavy (non-hydrogen) atoms. The van der Waals surface area contributed by atoms with Gasteiger partial charge in [-0.25, -0.2) is 9.37 Å². The highest BCUT2D eigenvalue weighted by Crippen LogP contribution is 2.29. The number of benzene rings is 1. The summed E-state index contributed by atoms with van der Waals surface area (Å²) >= 11 is 13.8. The number of hydrogen-bond donors (Lipinski definition) is 0. The number of aryl methyl sites for hydroxylation is 1. The molecule has 0 radical (unpaired) electrons. The van der Waals surface area contributed by atoms with E-state index in [0.29, 0.717) is 18.2 Å². The summed E-state index contributed by atoms with van der Waals surface area (Å²) in [5, 5.41) is 0.124. The molecule has 0 N–H and O–H groups in total. The van der Waals surface area contributed by atoms with Gasteiger partial charge in [0.25, 0.3) is 0 Å². The van der Waals surface area contributed by atoms with Gasteiger partial charge in [0.15, 0.2) is 0 Å². The normalized spacial score (nSPS) is 16.7. The van der Waals surface area contributed by atoms with Gasteiger partial charge >= 0.3 is 0 Å². The standard InChI is InChI=1S/C15H17Cl2FN2S/c16-4-1-15-19-13-7-11(17)12(18)8-14(13)20(15)9-10-2-5-21-6-3-10/h7-8,10H,1-6,9H2. The zero-order valence-electron chi connectivity index (χ0n) is 11.6. The van der Waals surface area contributed by atoms with Crippen LogP contribution in [0.3, 0.4) is 0 Å². The third kappa shape index (κ3) is 3.33. The Morgan fingerprint density at radius 1 is 1.33 bits per heavy atom. The van der Waals surface area contributed by atoms with E-state index in [1.165, 1.54) is 30.4 Å². The van der Waals surface area contributed by atoms with Crippen LogP contribution in [0.4, 0.5) is 4.39 Å². The molecule has 1 aromatic heterocycles. The van der Waals surface area contributed by atoms with Gasteiger partial charge in [-0.3, -0.25) is 0 Å². The van der Waals surface area contributed by atoms with Crippen LogP contribution in [0.1, 0.15) is 18.7 Å². The Hall–Kier alpha value is -0.450. The van der Waals surface area contributed by atoms with Gasteiger partial charge in [0, 0.05) is 24.9 Å². The van der Waals surface area contributed by atoms with Gasteiger partial charge in [-0.2, -0.15) is 11.8 Å². The summed E-state index contributed by atoms with van der Waals surface area (Å²) in [6.45, 7) is 0.893. The number of alkyl halides is 1. The number of thioether (sulfide) groups is 1. The Morgan fingerprint density at radius 3 is 2.81 bits per heavy atom. The van der Waals surface area contributed by atoms with Crippen LogP contribution in [0, 0.1) is 11.7 Å². The lowest BCUT2D eigenvalue weighted by Gasteiger charge is -2.23. The predicted molar refractivity (Wildman–Crippen MR) is 89.2 cm³/mol. The van der Waals surface area contributed by atoms with E-state index in [2.05, 4.69) is 9.55 Å². The van der Waals surface area contributed by atoms with Gasteiger partial charge in [0.05, 0.1) is 16.1 Å². The Bertz CT molecular complexity index is 638. The minimum absolute atomic E-state index is 0.124. The van der Waals surface area contributed by atoms with E-state index in [9.17, 15) is 4.39 Å². The van der Waals surface area contributed by atoms with Gasteiger partial charge in [-0.05, 0) is 36.3 Å². The first-order valence-electron chi connectivity index (χ1n) is 7.17. The van der Waals surface area contributed by atoms with Crippen molar-refractivity contribution in [3.63, 3.8) is 0 Å². The second-order valence-electron chi connectivity index (χ2n) is 5.39. The van der Waals surface area contributed by atoms with Gasteiger partial charge in [0.1, 0.15) is 11.6 Å². The van der Waals surface area contributed by atoms with Crippen molar-refractivity contribution in [3.05, 3.63) is 28.8 Å². The van der Waals surface area contributed by atoms with E-state index in [4.69, 9.17) is 23.2 Å². The van der Waals surface area contributed by atoms with Gasteiger partial charge in [-0.15, -0.1) is 11.6 Å². The first-order chi connectivity index (χ1) is 10.2. The average molecular weight is 347 g/mol. The van der Waals surface area contributed by atoms with Crippen LogP contribution in [-0.4, -0.2) is 26.9 Å². The minimum Gasteiger partial charge on any atom is -0.328 e. The van der Waals surface area contributed by atoms with E-state index in [1.54, 1.807) is 6.07 Å². The summed E-state index contributed by atoms with van der Waals surface area (Å²) in [6.07, 6.45) is 3.11. The molecular formula is C15H17Cl2FN2S. The maximum absolute atomic E-state index is 13.8. The Morgan fingerprint density at radius 2 is 2.10 bits per heavy atom. The molecule has 6 heteroatoms. The summed E-state index contributed by atoms with van der Waals surface area (Å²) < 4.78 is 15.9. The van der Waals surface area contributed by atoms with Crippen molar-refractivity contribution < 1.29 is 4.39 Å². The predicted octanol–water partition coefficient (Wildman–Crippen LogP) is 4.75. The van der Waals surface area contributed by atoms with Crippen LogP contribution < -0.4 is 0 Å². The minimum atomic E-state index is -0.387. The lowest BCUT2D eigenvalue weighted by molar-refractivity contribution is 0.415. The second kappa shape index (κ2) is 6.76. The SMILES string of the molecule is Fc1cc2c(cc1Cl)nc(CCCl)n2CC1CCSCC1. The van der Waals surface area contributed by atoms with E-state index >= 15 is 0 Å². The topological polar surface area (TPSA) is 17.8 Å². The van der Waals surface area contributed by atoms with Crippen molar-refractivity contribution in [3.8, 4) is 0 Å². The molecular weight excluding hydrogens is 330 g/mol. The molecule has 1 aliphatic heterocycles. The highest BCUT2D eigenvalue weighted by atomic mass is 35.5. The quantitative estimate of drug-likeness (QED) is 0.743. The maximum atomic E-state index is 13.8. The molecule has 1 saturated heterocycles. The highest BCUT2D eigenvalue weighted by molar-refractivity contribution is 7.99. The van der Waals surface area contributed by atoms with Gasteiger partial charge in [-0.1, -0.05) is 11.6 Å². The van der Waals surface area contributed by atoms with Crippen LogP contribution in [0.15, 0.2) is 12.1 Å². The number of fused-ring (bicyclic) bond motifs is 1. The molecule has 114 valence electrons. The fraction of sp³-hybridized carbons (Fsp3) is 0.533. The molecule has 2 nitrogen and oxygen atoms in total. The highest BCUT2D eigenvalue weighted by Gasteiger charge is 2.19. The first-order valence-corrected chi connectivity index (χ1v) is 9.23. The maximum Gasteiger partial charge on any atom is 0.144 e. The Balaban J connectivity index is 2.00. The van der Waals surface area contributed by atoms with Crippen molar-refractivity contribution in [2.24, 2.45) is 5.92 Å². The fourth-order valence-corrected chi connectivity index (χ4v) is 4.37. The summed E-state index contributed by atoms with van der Waals surface area (Å²) in [6, 6.07) is 3.11. The van der Waals surface area contributed by atoms with Crippen LogP contribution >= 0.6 is 35.0 Å². The van der Waals surface area contributed by atoms with Crippen LogP contribution in [-0.2, 0) is 13.0 Å². The molecule has 0 bridgehead atoms. The molecule has 0 aliphatic carbocycles. The van der Waals surface area contributed by atoms with E-state index in [-0.39, 0.29) is 10.8 Å². The Labute approximate surface area is 138 Å². The van der Waals surface area contributed by atoms with E-state index in [1.807, 2.05) is 11.8 Å². The molecule has 2 aromatic rings. The number of aromatic nitrogens is 2. The van der Waals surface area contributed by atoms with Crippen LogP contribution in [0.25, 0.3) is 11.0 Å². The number of rotatable bonds is 4. The molecule has 0 atom stereocenters. The van der Waals surface area contributed by atoms with Gasteiger partial charge < -0.3 is 4.57 Å². The molecule has 0 unspecified atom stereocenters. The smallest absolute Gasteiger partial charge is 0.144 e. The number of nitrogens with zero attached hydrogens (tertiary/aromatic N) is 2. The molecule has 1 aromatic carbocycles. The molecule has 0 saturated carbocycles. The molecule has 0 spiro atoms. The van der Waals surface area contributed by atoms with Gasteiger partial charge in [0.2, 0.25) is 0 Å². The van der Waals surface area contributed by atoms with Crippen LogP contribution in [0.2, 0.25) is 5.02 Å². The number of halogens is 3. The largest absolute Gasteiger partial charge is 0.328 e. The molecule has 2 heterocycles. The number of imidazole rings is 1. The first kappa shape index (κ1) is 15.4. The van der Waals surface area contributed by atoms with Crippen molar-refractivity contribution in [1.82, 2.24) is 9.55 Å². The molecule has 1 fully saturated rings. The van der Waals surface area contributed by atoms with Crippen LogP contribution in [0.5, 0.6) is 0 Å². The van der Waals surface area contributed by atoms with Crippen molar-refractivity contribution in [2.75, 3.05) is 17.4 Å². The lowest BCUT2D eigenvalue weighted by Crippen LogP contribution is -2.18. The third-order valence-corrected chi connectivity index (χ3v) is 5.50. The zero-order chi connectivity index (χ0) is 14.8. The summed E-state index contributed by atoms with van der Waals surface area (Å²) in [5.41, 5.74) is 1.59. The second-order valence-corrected chi connectivity index (χ2v) is 7.40. The number of hydrogen-bond acceptors (Lipinski definition) is 2. The molecule has 0 amide bonds. The lowest BCUT2D eigenvalue weighted by atomic mass is 10.0. The zero-order valence-corrected chi connectivity index (χ0v) is 13.9. The molecule has 3 rings (SSSR count). The van der Waals surface area contributed by atoms with Crippen molar-refractivity contribution in [1.29, 1.82) is 0 Å². The molecule has 1 aliphatic rings. The fourth-order valence-electron chi connectivity index (χ4n) is 2.84. The summed E-state index contributed by atoms with van der Waals surface area (Å²) in [4.78, 5) is 4.59. The van der Waals surface area contributed by atoms with E-state index < -0.39 is 0 Å². The van der Waals surface area contributed by atoms with Crippen molar-refractivity contribution >= 4 is 46.0 Å². The Kier molecular flexibility index (Phi) is 4.97. The monoisotopic (exact) mass is 346 g/mol. The average Bonchev–Trinajstić information content (AvgIpc) is 2.79.